The first-order chi connectivity index (χ1) is 15.8. The van der Waals surface area contributed by atoms with E-state index in [1.807, 2.05) is 13.0 Å². The molecule has 0 aliphatic rings. The van der Waals surface area contributed by atoms with E-state index in [1.165, 1.54) is 0 Å². The minimum Gasteiger partial charge on any atom is -0.497 e. The Morgan fingerprint density at radius 2 is 1.88 bits per heavy atom. The number of rotatable bonds is 7. The molecule has 0 spiro atoms. The van der Waals surface area contributed by atoms with Crippen LogP contribution in [0.5, 0.6) is 5.75 Å². The van der Waals surface area contributed by atoms with Gasteiger partial charge >= 0.3 is 0 Å². The zero-order valence-corrected chi connectivity index (χ0v) is 21.1. The Morgan fingerprint density at radius 1 is 1.06 bits per heavy atom. The van der Waals surface area contributed by atoms with Crippen LogP contribution in [-0.2, 0) is 18.5 Å². The lowest BCUT2D eigenvalue weighted by Crippen LogP contribution is -2.22. The predicted molar refractivity (Wildman–Crippen MR) is 134 cm³/mol. The molecule has 9 heteroatoms. The molecule has 5 aromatic rings. The Labute approximate surface area is 193 Å². The quantitative estimate of drug-likeness (QED) is 0.255. The Bertz CT molecular complexity index is 1470. The maximum atomic E-state index is 6.20. The fraction of sp³-hybridized carbons (Fsp3) is 0.375. The second kappa shape index (κ2) is 8.00. The van der Waals surface area contributed by atoms with E-state index in [0.717, 1.165) is 63.2 Å². The SMILES string of the molecule is COc1ccc2c(c1)c(-c1cc3c(ncc4nnc(C)n43)n1COCC[Si](C)(C)C)cn2C. The average molecular weight is 463 g/mol. The summed E-state index contributed by atoms with van der Waals surface area (Å²) in [5.41, 5.74) is 5.86. The predicted octanol–water partition coefficient (Wildman–Crippen LogP) is 4.87. The highest BCUT2D eigenvalue weighted by Crippen LogP contribution is 2.36. The van der Waals surface area contributed by atoms with Gasteiger partial charge < -0.3 is 14.0 Å². The van der Waals surface area contributed by atoms with E-state index in [9.17, 15) is 0 Å². The van der Waals surface area contributed by atoms with Crippen molar-refractivity contribution in [2.75, 3.05) is 13.7 Å². The summed E-state index contributed by atoms with van der Waals surface area (Å²) in [5, 5.41) is 9.63. The van der Waals surface area contributed by atoms with E-state index in [1.54, 1.807) is 13.3 Å². The number of hydrogen-bond acceptors (Lipinski definition) is 5. The third-order valence-corrected chi connectivity index (χ3v) is 7.84. The van der Waals surface area contributed by atoms with Crippen LogP contribution in [0.15, 0.2) is 36.7 Å². The van der Waals surface area contributed by atoms with Gasteiger partial charge in [-0.25, -0.2) is 4.98 Å². The van der Waals surface area contributed by atoms with Crippen LogP contribution >= 0.6 is 0 Å². The minimum atomic E-state index is -1.18. The lowest BCUT2D eigenvalue weighted by Gasteiger charge is -2.16. The summed E-state index contributed by atoms with van der Waals surface area (Å²) in [6, 6.07) is 9.46. The van der Waals surface area contributed by atoms with Gasteiger partial charge in [0.1, 0.15) is 18.3 Å². The number of aromatic nitrogens is 6. The summed E-state index contributed by atoms with van der Waals surface area (Å²) in [4.78, 5) is 4.75. The number of fused-ring (bicyclic) bond motifs is 4. The van der Waals surface area contributed by atoms with Gasteiger partial charge in [0.15, 0.2) is 11.3 Å². The summed E-state index contributed by atoms with van der Waals surface area (Å²) in [5.74, 6) is 1.67. The van der Waals surface area contributed by atoms with E-state index in [2.05, 4.69) is 74.8 Å². The van der Waals surface area contributed by atoms with Gasteiger partial charge in [-0.3, -0.25) is 8.97 Å². The molecule has 0 saturated carbocycles. The molecule has 0 fully saturated rings. The summed E-state index contributed by atoms with van der Waals surface area (Å²) < 4.78 is 18.1. The molecular formula is C24H30N6O2Si. The molecule has 1 aromatic carbocycles. The molecule has 0 unspecified atom stereocenters. The van der Waals surface area contributed by atoms with Crippen molar-refractivity contribution in [1.29, 1.82) is 0 Å². The highest BCUT2D eigenvalue weighted by molar-refractivity contribution is 6.76. The van der Waals surface area contributed by atoms with Crippen LogP contribution in [0.2, 0.25) is 25.7 Å². The number of ether oxygens (including phenoxy) is 2. The first kappa shape index (κ1) is 21.7. The molecule has 0 saturated heterocycles. The Balaban J connectivity index is 1.70. The Kier molecular flexibility index (Phi) is 5.25. The third kappa shape index (κ3) is 3.81. The van der Waals surface area contributed by atoms with E-state index in [0.29, 0.717) is 6.73 Å². The molecule has 0 N–H and O–H groups in total. The van der Waals surface area contributed by atoms with Crippen molar-refractivity contribution in [3.05, 3.63) is 42.5 Å². The highest BCUT2D eigenvalue weighted by Gasteiger charge is 2.20. The second-order valence-corrected chi connectivity index (χ2v) is 15.4. The van der Waals surface area contributed by atoms with Gasteiger partial charge in [-0.1, -0.05) is 19.6 Å². The van der Waals surface area contributed by atoms with E-state index < -0.39 is 8.07 Å². The number of nitrogens with zero attached hydrogens (tertiary/aromatic N) is 6. The van der Waals surface area contributed by atoms with Gasteiger partial charge in [0, 0.05) is 44.4 Å². The number of benzene rings is 1. The van der Waals surface area contributed by atoms with Crippen LogP contribution in [0.1, 0.15) is 5.82 Å². The molecule has 4 heterocycles. The Hall–Kier alpha value is -3.17. The number of methoxy groups -OCH3 is 1. The highest BCUT2D eigenvalue weighted by atomic mass is 28.3. The molecule has 172 valence electrons. The zero-order valence-electron chi connectivity index (χ0n) is 20.1. The van der Waals surface area contributed by atoms with Gasteiger partial charge in [0.05, 0.1) is 24.5 Å². The van der Waals surface area contributed by atoms with Crippen molar-refractivity contribution in [2.45, 2.75) is 39.3 Å². The summed E-state index contributed by atoms with van der Waals surface area (Å²) in [6.07, 6.45) is 3.93. The van der Waals surface area contributed by atoms with Crippen molar-refractivity contribution < 1.29 is 9.47 Å². The van der Waals surface area contributed by atoms with Crippen LogP contribution in [-0.4, -0.2) is 50.5 Å². The molecule has 8 nitrogen and oxygen atoms in total. The van der Waals surface area contributed by atoms with Crippen molar-refractivity contribution >= 4 is 35.8 Å². The minimum absolute atomic E-state index is 0.434. The van der Waals surface area contributed by atoms with Crippen LogP contribution < -0.4 is 4.74 Å². The zero-order chi connectivity index (χ0) is 23.3. The van der Waals surface area contributed by atoms with Gasteiger partial charge in [-0.2, -0.15) is 0 Å². The van der Waals surface area contributed by atoms with E-state index in [4.69, 9.17) is 14.5 Å². The molecule has 0 bridgehead atoms. The van der Waals surface area contributed by atoms with E-state index in [-0.39, 0.29) is 0 Å². The lowest BCUT2D eigenvalue weighted by atomic mass is 10.1. The maximum Gasteiger partial charge on any atom is 0.179 e. The summed E-state index contributed by atoms with van der Waals surface area (Å²) in [7, 11) is 2.59. The van der Waals surface area contributed by atoms with Gasteiger partial charge in [-0.05, 0) is 37.2 Å². The number of hydrogen-bond donors (Lipinski definition) is 0. The molecule has 0 atom stereocenters. The first-order valence-corrected chi connectivity index (χ1v) is 14.9. The van der Waals surface area contributed by atoms with Crippen molar-refractivity contribution in [3.63, 3.8) is 0 Å². The summed E-state index contributed by atoms with van der Waals surface area (Å²) >= 11 is 0. The second-order valence-electron chi connectivity index (χ2n) is 9.75. The largest absolute Gasteiger partial charge is 0.497 e. The van der Waals surface area contributed by atoms with Crippen LogP contribution in [0.3, 0.4) is 0 Å². The topological polar surface area (TPSA) is 71.4 Å². The molecule has 4 aromatic heterocycles. The van der Waals surface area contributed by atoms with Crippen LogP contribution in [0, 0.1) is 6.92 Å². The molecule has 0 amide bonds. The average Bonchev–Trinajstić information content (AvgIpc) is 3.43. The molecule has 33 heavy (non-hydrogen) atoms. The maximum absolute atomic E-state index is 6.20. The molecular weight excluding hydrogens is 432 g/mol. The fourth-order valence-corrected chi connectivity index (χ4v) is 5.05. The molecule has 0 radical (unpaired) electrons. The summed E-state index contributed by atoms with van der Waals surface area (Å²) in [6.45, 7) is 10.2. The van der Waals surface area contributed by atoms with Crippen LogP contribution in [0.4, 0.5) is 0 Å². The molecule has 0 aliphatic heterocycles. The first-order valence-electron chi connectivity index (χ1n) is 11.2. The van der Waals surface area contributed by atoms with Crippen molar-refractivity contribution in [3.8, 4) is 17.0 Å². The van der Waals surface area contributed by atoms with Crippen LogP contribution in [0.25, 0.3) is 39.0 Å². The standard InChI is InChI=1S/C24H30N6O2Si/c1-16-26-27-23-13-25-24-22(30(16)23)12-21(29(24)15-32-9-10-33(4,5)6)19-14-28(2)20-8-7-17(31-3)11-18(19)20/h7-8,11-14H,9-10,15H2,1-6H3. The normalized spacial score (nSPS) is 12.4. The van der Waals surface area contributed by atoms with E-state index >= 15 is 0 Å². The van der Waals surface area contributed by atoms with Gasteiger partial charge in [0.25, 0.3) is 0 Å². The fourth-order valence-electron chi connectivity index (χ4n) is 4.29. The third-order valence-electron chi connectivity index (χ3n) is 6.13. The molecule has 0 aliphatic carbocycles. The van der Waals surface area contributed by atoms with Crippen molar-refractivity contribution in [1.82, 2.24) is 28.7 Å². The molecule has 5 rings (SSSR count). The monoisotopic (exact) mass is 462 g/mol. The lowest BCUT2D eigenvalue weighted by molar-refractivity contribution is 0.0909. The van der Waals surface area contributed by atoms with Gasteiger partial charge in [0.2, 0.25) is 0 Å². The Morgan fingerprint density at radius 3 is 2.64 bits per heavy atom. The van der Waals surface area contributed by atoms with Crippen molar-refractivity contribution in [2.24, 2.45) is 7.05 Å². The van der Waals surface area contributed by atoms with Gasteiger partial charge in [-0.15, -0.1) is 10.2 Å². The number of aryl methyl sites for hydroxylation is 2. The smallest absolute Gasteiger partial charge is 0.179 e.